The zero-order valence-corrected chi connectivity index (χ0v) is 14.6. The summed E-state index contributed by atoms with van der Waals surface area (Å²) in [6, 6.07) is 5.95. The van der Waals surface area contributed by atoms with Gasteiger partial charge in [0.2, 0.25) is 0 Å². The fourth-order valence-electron chi connectivity index (χ4n) is 0.887. The van der Waals surface area contributed by atoms with Crippen molar-refractivity contribution in [2.75, 3.05) is 11.1 Å². The van der Waals surface area contributed by atoms with E-state index in [-0.39, 0.29) is 41.1 Å². The molecule has 0 unspecified atom stereocenters. The van der Waals surface area contributed by atoms with Gasteiger partial charge in [0, 0.05) is 10.2 Å². The van der Waals surface area contributed by atoms with Gasteiger partial charge in [-0.15, -0.1) is 0 Å². The monoisotopic (exact) mass is 366 g/mol. The first-order chi connectivity index (χ1) is 8.07. The van der Waals surface area contributed by atoms with E-state index in [1.165, 1.54) is 24.3 Å². The molecule has 0 spiro atoms. The van der Waals surface area contributed by atoms with E-state index in [1.54, 1.807) is 0 Å². The Hall–Kier alpha value is 0.680. The van der Waals surface area contributed by atoms with Crippen LogP contribution in [0.3, 0.4) is 0 Å². The van der Waals surface area contributed by atoms with Gasteiger partial charge in [0.25, 0.3) is 0 Å². The quantitative estimate of drug-likeness (QED) is 0.138. The average Bonchev–Trinajstić information content (AvgIpc) is 2.27. The van der Waals surface area contributed by atoms with Crippen LogP contribution in [0, 0.1) is 0 Å². The molecule has 10 heteroatoms. The summed E-state index contributed by atoms with van der Waals surface area (Å²) >= 11 is 3.73. The molecule has 0 heterocycles. The smallest absolute Gasteiger partial charge is 0.691 e. The van der Waals surface area contributed by atoms with Crippen LogP contribution in [0.1, 0.15) is 0 Å². The summed E-state index contributed by atoms with van der Waals surface area (Å²) in [4.78, 5) is 0.575. The molecule has 1 aromatic carbocycles. The van der Waals surface area contributed by atoms with E-state index in [2.05, 4.69) is 25.3 Å². The number of halogens is 1. The van der Waals surface area contributed by atoms with Gasteiger partial charge >= 0.3 is 39.7 Å². The standard InChI is InChI=1S/C8H9BrO6S2.Na/c9-5-6-17(11,12)13-7-1-3-8(4-2-7)16-15-14-10;/h1-4,10H,5-6H2;/q;+1/p-1. The molecule has 0 aliphatic rings. The maximum absolute atomic E-state index is 11.3. The Morgan fingerprint density at radius 3 is 2.39 bits per heavy atom. The summed E-state index contributed by atoms with van der Waals surface area (Å²) in [5.74, 6) is 0.0785. The van der Waals surface area contributed by atoms with Gasteiger partial charge in [0.05, 0.1) is 17.8 Å². The number of alkyl halides is 1. The number of benzene rings is 1. The number of hydrogen-bond acceptors (Lipinski definition) is 7. The molecule has 0 saturated heterocycles. The van der Waals surface area contributed by atoms with Crippen LogP contribution in [0.5, 0.6) is 5.75 Å². The molecule has 0 aliphatic heterocycles. The summed E-state index contributed by atoms with van der Waals surface area (Å²) in [6.45, 7) is 0. The molecular formula is C8H8BrNaO6S2. The minimum atomic E-state index is -3.57. The molecule has 96 valence electrons. The van der Waals surface area contributed by atoms with E-state index < -0.39 is 10.1 Å². The Balaban J connectivity index is 0.00000289. The summed E-state index contributed by atoms with van der Waals surface area (Å²) < 4.78 is 31.5. The van der Waals surface area contributed by atoms with Gasteiger partial charge in [-0.2, -0.15) is 12.8 Å². The van der Waals surface area contributed by atoms with Crippen molar-refractivity contribution >= 4 is 38.1 Å². The zero-order valence-electron chi connectivity index (χ0n) is 9.37. The van der Waals surface area contributed by atoms with Crippen LogP contribution in [0.4, 0.5) is 0 Å². The molecule has 0 radical (unpaired) electrons. The van der Waals surface area contributed by atoms with Gasteiger partial charge in [0.15, 0.2) is 0 Å². The van der Waals surface area contributed by atoms with Gasteiger partial charge in [-0.1, -0.05) is 15.9 Å². The molecule has 0 saturated carbocycles. The molecule has 6 nitrogen and oxygen atoms in total. The van der Waals surface area contributed by atoms with Crippen LogP contribution >= 0.6 is 28.0 Å². The molecule has 0 fully saturated rings. The maximum Gasteiger partial charge on any atom is 1.00 e. The molecule has 1 rings (SSSR count). The van der Waals surface area contributed by atoms with Crippen molar-refractivity contribution < 1.29 is 56.8 Å². The number of hydrogen-bond donors (Lipinski definition) is 0. The number of rotatable bonds is 7. The van der Waals surface area contributed by atoms with Gasteiger partial charge in [-0.3, -0.25) is 5.04 Å². The van der Waals surface area contributed by atoms with Gasteiger partial charge in [-0.25, -0.2) is 0 Å². The Morgan fingerprint density at radius 2 is 1.89 bits per heavy atom. The normalized spacial score (nSPS) is 10.8. The third-order valence-electron chi connectivity index (χ3n) is 1.53. The first kappa shape index (κ1) is 18.7. The predicted octanol–water partition coefficient (Wildman–Crippen LogP) is -1.98. The van der Waals surface area contributed by atoms with Gasteiger partial charge in [-0.05, 0) is 24.3 Å². The topological polar surface area (TPSA) is 84.9 Å². The van der Waals surface area contributed by atoms with Crippen molar-refractivity contribution in [3.8, 4) is 5.75 Å². The third kappa shape index (κ3) is 7.31. The van der Waals surface area contributed by atoms with Crippen LogP contribution < -0.4 is 39.0 Å². The molecule has 0 bridgehead atoms. The molecule has 0 atom stereocenters. The molecule has 1 aromatic rings. The fourth-order valence-corrected chi connectivity index (χ4v) is 3.11. The largest absolute Gasteiger partial charge is 1.00 e. The van der Waals surface area contributed by atoms with Crippen LogP contribution in [-0.2, 0) is 19.5 Å². The summed E-state index contributed by atoms with van der Waals surface area (Å²) in [5, 5.41) is 13.1. The Morgan fingerprint density at radius 1 is 1.28 bits per heavy atom. The third-order valence-corrected chi connectivity index (χ3v) is 4.19. The zero-order chi connectivity index (χ0) is 12.7. The second kappa shape index (κ2) is 9.56. The van der Waals surface area contributed by atoms with Gasteiger partial charge in [0.1, 0.15) is 5.75 Å². The average molecular weight is 367 g/mol. The Kier molecular flexibility index (Phi) is 9.92. The molecule has 0 N–H and O–H groups in total. The van der Waals surface area contributed by atoms with Gasteiger partial charge < -0.3 is 9.44 Å². The van der Waals surface area contributed by atoms with Crippen molar-refractivity contribution in [1.29, 1.82) is 0 Å². The van der Waals surface area contributed by atoms with Crippen molar-refractivity contribution in [3.05, 3.63) is 24.3 Å². The van der Waals surface area contributed by atoms with Crippen molar-refractivity contribution in [1.82, 2.24) is 0 Å². The van der Waals surface area contributed by atoms with Crippen LogP contribution in [-0.4, -0.2) is 19.5 Å². The van der Waals surface area contributed by atoms with Crippen LogP contribution in [0.25, 0.3) is 0 Å². The molecule has 0 amide bonds. The Bertz CT molecular complexity index is 437. The molecule has 18 heavy (non-hydrogen) atoms. The van der Waals surface area contributed by atoms with E-state index >= 15 is 0 Å². The van der Waals surface area contributed by atoms with E-state index in [0.29, 0.717) is 22.3 Å². The van der Waals surface area contributed by atoms with Crippen molar-refractivity contribution in [2.45, 2.75) is 4.90 Å². The van der Waals surface area contributed by atoms with Crippen molar-refractivity contribution in [2.24, 2.45) is 0 Å². The van der Waals surface area contributed by atoms with Crippen molar-refractivity contribution in [3.63, 3.8) is 0 Å². The molecule has 0 aliphatic carbocycles. The minimum absolute atomic E-state index is 0. The van der Waals surface area contributed by atoms with Crippen LogP contribution in [0.15, 0.2) is 29.2 Å². The summed E-state index contributed by atoms with van der Waals surface area (Å²) in [5.41, 5.74) is 0. The van der Waals surface area contributed by atoms with E-state index in [4.69, 9.17) is 4.18 Å². The maximum atomic E-state index is 11.3. The van der Waals surface area contributed by atoms with Crippen LogP contribution in [0.2, 0.25) is 0 Å². The minimum Gasteiger partial charge on any atom is -0.691 e. The van der Waals surface area contributed by atoms with E-state index in [9.17, 15) is 13.7 Å². The SMILES string of the molecule is O=S(=O)(CCBr)Oc1ccc(SOO[O-])cc1.[Na+]. The van der Waals surface area contributed by atoms with E-state index in [0.717, 1.165) is 0 Å². The fraction of sp³-hybridized carbons (Fsp3) is 0.250. The summed E-state index contributed by atoms with van der Waals surface area (Å²) in [7, 11) is -3.57. The molecule has 0 aromatic heterocycles. The Labute approximate surface area is 140 Å². The first-order valence-corrected chi connectivity index (χ1v) is 7.73. The summed E-state index contributed by atoms with van der Waals surface area (Å²) in [6.07, 6.45) is 0. The van der Waals surface area contributed by atoms with E-state index in [1.807, 2.05) is 0 Å². The second-order valence-corrected chi connectivity index (χ2v) is 5.98. The first-order valence-electron chi connectivity index (χ1n) is 4.29. The predicted molar refractivity (Wildman–Crippen MR) is 62.7 cm³/mol. The second-order valence-electron chi connectivity index (χ2n) is 2.72. The molecular weight excluding hydrogens is 359 g/mol.